The maximum Gasteiger partial charge on any atom is 0.306 e. The summed E-state index contributed by atoms with van der Waals surface area (Å²) in [6, 6.07) is 0. The first-order chi connectivity index (χ1) is 31.5. The molecule has 0 aliphatic rings. The summed E-state index contributed by atoms with van der Waals surface area (Å²) in [6.07, 6.45) is 69.3. The van der Waals surface area contributed by atoms with Crippen LogP contribution >= 0.6 is 0 Å². The van der Waals surface area contributed by atoms with Gasteiger partial charge in [0.05, 0.1) is 0 Å². The van der Waals surface area contributed by atoms with Gasteiger partial charge in [-0.2, -0.15) is 0 Å². The molecule has 0 aromatic heterocycles. The van der Waals surface area contributed by atoms with Crippen LogP contribution in [-0.4, -0.2) is 37.2 Å². The van der Waals surface area contributed by atoms with Gasteiger partial charge in [-0.1, -0.05) is 220 Å². The average Bonchev–Trinajstić information content (AvgIpc) is 3.29. The zero-order chi connectivity index (χ0) is 46.5. The molecule has 0 aliphatic carbocycles. The topological polar surface area (TPSA) is 78.9 Å². The normalized spacial score (nSPS) is 13.0. The molecule has 6 heteroatoms. The summed E-state index contributed by atoms with van der Waals surface area (Å²) in [5.41, 5.74) is 0. The number of carbonyl (C=O) groups excluding carboxylic acids is 3. The van der Waals surface area contributed by atoms with E-state index in [2.05, 4.69) is 69.4 Å². The molecule has 64 heavy (non-hydrogen) atoms. The molecule has 0 amide bonds. The van der Waals surface area contributed by atoms with Crippen LogP contribution in [0.5, 0.6) is 0 Å². The molecule has 0 aromatic carbocycles. The van der Waals surface area contributed by atoms with Crippen molar-refractivity contribution in [3.63, 3.8) is 0 Å². The van der Waals surface area contributed by atoms with Crippen molar-refractivity contribution in [1.29, 1.82) is 0 Å². The van der Waals surface area contributed by atoms with Gasteiger partial charge < -0.3 is 14.2 Å². The summed E-state index contributed by atoms with van der Waals surface area (Å²) >= 11 is 0. The molecular formula is C58H94O6. The van der Waals surface area contributed by atoms with E-state index < -0.39 is 6.10 Å². The van der Waals surface area contributed by atoms with Gasteiger partial charge in [0.25, 0.3) is 0 Å². The van der Waals surface area contributed by atoms with Crippen LogP contribution in [0.3, 0.4) is 0 Å². The van der Waals surface area contributed by atoms with Gasteiger partial charge in [0.1, 0.15) is 13.2 Å². The van der Waals surface area contributed by atoms with Gasteiger partial charge in [-0.25, -0.2) is 0 Å². The lowest BCUT2D eigenvalue weighted by Crippen LogP contribution is -2.30. The molecule has 0 bridgehead atoms. The number of carbonyl (C=O) groups is 3. The van der Waals surface area contributed by atoms with E-state index in [9.17, 15) is 14.4 Å². The highest BCUT2D eigenvalue weighted by molar-refractivity contribution is 5.71. The van der Waals surface area contributed by atoms with Gasteiger partial charge in [-0.3, -0.25) is 14.4 Å². The largest absolute Gasteiger partial charge is 0.462 e. The molecule has 0 aliphatic heterocycles. The highest BCUT2D eigenvalue weighted by Crippen LogP contribution is 2.14. The molecule has 1 atom stereocenters. The Morgan fingerprint density at radius 2 is 0.688 bits per heavy atom. The Labute approximate surface area is 393 Å². The molecule has 6 nitrogen and oxygen atoms in total. The number of hydrogen-bond donors (Lipinski definition) is 0. The molecule has 0 N–H and O–H groups in total. The zero-order valence-corrected chi connectivity index (χ0v) is 41.3. The highest BCUT2D eigenvalue weighted by Gasteiger charge is 2.19. The third-order valence-corrected chi connectivity index (χ3v) is 10.7. The minimum atomic E-state index is -0.806. The molecule has 0 saturated carbocycles. The smallest absolute Gasteiger partial charge is 0.306 e. The molecular weight excluding hydrogens is 793 g/mol. The fourth-order valence-electron chi connectivity index (χ4n) is 6.80. The van der Waals surface area contributed by atoms with Crippen LogP contribution in [-0.2, 0) is 28.6 Å². The van der Waals surface area contributed by atoms with E-state index >= 15 is 0 Å². The van der Waals surface area contributed by atoms with E-state index in [-0.39, 0.29) is 31.1 Å². The van der Waals surface area contributed by atoms with Crippen LogP contribution in [0.1, 0.15) is 220 Å². The van der Waals surface area contributed by atoms with Crippen molar-refractivity contribution in [2.75, 3.05) is 13.2 Å². The monoisotopic (exact) mass is 887 g/mol. The van der Waals surface area contributed by atoms with Crippen molar-refractivity contribution >= 4 is 17.9 Å². The van der Waals surface area contributed by atoms with Gasteiger partial charge in [0, 0.05) is 19.3 Å². The lowest BCUT2D eigenvalue weighted by atomic mass is 10.1. The van der Waals surface area contributed by atoms with Crippen molar-refractivity contribution in [2.45, 2.75) is 226 Å². The van der Waals surface area contributed by atoms with Gasteiger partial charge in [0.2, 0.25) is 0 Å². The second-order valence-electron chi connectivity index (χ2n) is 16.8. The summed E-state index contributed by atoms with van der Waals surface area (Å²) in [5, 5.41) is 0. The Balaban J connectivity index is 4.50. The van der Waals surface area contributed by atoms with E-state index in [4.69, 9.17) is 14.2 Å². The molecule has 0 aromatic rings. The van der Waals surface area contributed by atoms with E-state index in [0.29, 0.717) is 19.3 Å². The van der Waals surface area contributed by atoms with Crippen molar-refractivity contribution in [3.05, 3.63) is 109 Å². The number of hydrogen-bond acceptors (Lipinski definition) is 6. The summed E-state index contributed by atoms with van der Waals surface area (Å²) in [4.78, 5) is 38.0. The van der Waals surface area contributed by atoms with Crippen molar-refractivity contribution in [3.8, 4) is 0 Å². The average molecular weight is 887 g/mol. The molecule has 0 fully saturated rings. The van der Waals surface area contributed by atoms with Crippen molar-refractivity contribution in [1.82, 2.24) is 0 Å². The number of rotatable bonds is 45. The lowest BCUT2D eigenvalue weighted by Gasteiger charge is -2.18. The first kappa shape index (κ1) is 60.1. The van der Waals surface area contributed by atoms with Gasteiger partial charge in [-0.15, -0.1) is 0 Å². The Morgan fingerprint density at radius 3 is 1.16 bits per heavy atom. The molecule has 0 radical (unpaired) electrons. The maximum atomic E-state index is 12.8. The Kier molecular flexibility index (Phi) is 48.5. The Morgan fingerprint density at radius 1 is 0.344 bits per heavy atom. The third kappa shape index (κ3) is 49.1. The fourth-order valence-corrected chi connectivity index (χ4v) is 6.80. The predicted molar refractivity (Wildman–Crippen MR) is 274 cm³/mol. The molecule has 0 spiro atoms. The quantitative estimate of drug-likeness (QED) is 0.0199. The number of unbranched alkanes of at least 4 members (excludes halogenated alkanes) is 21. The number of allylic oxidation sites excluding steroid dienone is 18. The van der Waals surface area contributed by atoms with E-state index in [0.717, 1.165) is 103 Å². The van der Waals surface area contributed by atoms with Crippen LogP contribution in [0.25, 0.3) is 0 Å². The first-order valence-corrected chi connectivity index (χ1v) is 26.0. The molecule has 0 rings (SSSR count). The summed E-state index contributed by atoms with van der Waals surface area (Å²) in [5.74, 6) is -0.971. The summed E-state index contributed by atoms with van der Waals surface area (Å²) in [6.45, 7) is 6.31. The summed E-state index contributed by atoms with van der Waals surface area (Å²) < 4.78 is 16.7. The van der Waals surface area contributed by atoms with E-state index in [1.807, 2.05) is 60.8 Å². The van der Waals surface area contributed by atoms with E-state index in [1.54, 1.807) is 0 Å². The van der Waals surface area contributed by atoms with Gasteiger partial charge >= 0.3 is 17.9 Å². The van der Waals surface area contributed by atoms with Crippen molar-refractivity contribution < 1.29 is 28.6 Å². The van der Waals surface area contributed by atoms with Crippen LogP contribution < -0.4 is 0 Å². The number of ether oxygens (including phenoxy) is 3. The summed E-state index contributed by atoms with van der Waals surface area (Å²) in [7, 11) is 0. The minimum absolute atomic E-state index is 0.104. The number of esters is 3. The maximum absolute atomic E-state index is 12.8. The van der Waals surface area contributed by atoms with Crippen LogP contribution in [0, 0.1) is 0 Å². The lowest BCUT2D eigenvalue weighted by molar-refractivity contribution is -0.167. The Bertz CT molecular complexity index is 1340. The van der Waals surface area contributed by atoms with Crippen LogP contribution in [0.4, 0.5) is 0 Å². The Hall–Kier alpha value is -3.93. The second kappa shape index (κ2) is 51.7. The van der Waals surface area contributed by atoms with E-state index in [1.165, 1.54) is 77.0 Å². The van der Waals surface area contributed by atoms with Gasteiger partial charge in [-0.05, 0) is 89.9 Å². The van der Waals surface area contributed by atoms with Crippen LogP contribution in [0.15, 0.2) is 109 Å². The molecule has 0 saturated heterocycles. The highest BCUT2D eigenvalue weighted by atomic mass is 16.6. The standard InChI is InChI=1S/C58H94O6/c1-4-7-10-13-16-19-22-25-27-29-31-33-36-39-42-45-48-51-57(60)63-54-55(53-62-56(59)50-47-44-41-38-35-24-21-18-15-12-9-6-3)64-58(61)52-49-46-43-40-37-34-32-30-28-26-23-20-17-14-11-8-5-2/h7,9-10,12-13,16,18-19,21-22,25-29,31,33,36,55H,4-6,8,11,14-15,17,20,23-24,30,32,34-35,37-54H2,1-3H3/b10-7-,12-9-,16-13-,21-18-,22-19-,27-25-,28-26-,31-29+,36-33-. The molecule has 1 unspecified atom stereocenters. The molecule has 0 heterocycles. The SMILES string of the molecule is CC\C=C/C=C\C=C/C=C\C=C\C=C/CCCCCC(=O)OCC(COC(=O)CCCCCCC/C=C\C/C=C\CC)OC(=O)CCCCCCCCC/C=C\CCCCCCCC. The first-order valence-electron chi connectivity index (χ1n) is 26.0. The second-order valence-corrected chi connectivity index (χ2v) is 16.8. The third-order valence-electron chi connectivity index (χ3n) is 10.7. The van der Waals surface area contributed by atoms with Gasteiger partial charge in [0.15, 0.2) is 6.10 Å². The van der Waals surface area contributed by atoms with Crippen LogP contribution in [0.2, 0.25) is 0 Å². The fraction of sp³-hybridized carbons (Fsp3) is 0.638. The molecule has 362 valence electrons. The van der Waals surface area contributed by atoms with Crippen molar-refractivity contribution in [2.24, 2.45) is 0 Å². The zero-order valence-electron chi connectivity index (χ0n) is 41.3. The minimum Gasteiger partial charge on any atom is -0.462 e. The predicted octanol–water partition coefficient (Wildman–Crippen LogP) is 17.1.